The Bertz CT molecular complexity index is 208. The van der Waals surface area contributed by atoms with Gasteiger partial charge in [-0.3, -0.25) is 0 Å². The van der Waals surface area contributed by atoms with Crippen LogP contribution in [0.1, 0.15) is 19.8 Å². The van der Waals surface area contributed by atoms with Crippen LogP contribution in [-0.2, 0) is 0 Å². The van der Waals surface area contributed by atoms with Crippen LogP contribution in [0, 0.1) is 0 Å². The van der Waals surface area contributed by atoms with Gasteiger partial charge in [-0.25, -0.2) is 0 Å². The Morgan fingerprint density at radius 1 is 1.50 bits per heavy atom. The number of benzene rings is 1. The molecule has 0 aromatic heterocycles. The fourth-order valence-electron chi connectivity index (χ4n) is 0.843. The molecule has 0 fully saturated rings. The van der Waals surface area contributed by atoms with E-state index in [4.69, 9.17) is 6.48 Å². The van der Waals surface area contributed by atoms with Crippen molar-refractivity contribution in [1.29, 1.82) is 0 Å². The van der Waals surface area contributed by atoms with Crippen LogP contribution in [0.25, 0.3) is 0 Å². The maximum Gasteiger partial charge on any atom is 0.0570 e. The van der Waals surface area contributed by atoms with Gasteiger partial charge in [0.15, 0.2) is 0 Å². The summed E-state index contributed by atoms with van der Waals surface area (Å²) in [6.07, 6.45) is 0. The Kier molecular flexibility index (Phi) is 2.00. The van der Waals surface area contributed by atoms with E-state index in [2.05, 4.69) is 0 Å². The number of hydrogen-bond donors (Lipinski definition) is 1. The minimum absolute atomic E-state index is 0.101. The third-order valence-electron chi connectivity index (χ3n) is 1.55. The minimum atomic E-state index is -1.02. The summed E-state index contributed by atoms with van der Waals surface area (Å²) in [6.45, 7) is 0.824. The summed E-state index contributed by atoms with van der Waals surface area (Å²) in [6, 6.07) is 9.58. The van der Waals surface area contributed by atoms with E-state index in [0.717, 1.165) is 5.56 Å². The fraction of sp³-hybridized carbons (Fsp3) is 0.333. The van der Waals surface area contributed by atoms with E-state index in [9.17, 15) is 0 Å². The van der Waals surface area contributed by atoms with E-state index in [-0.39, 0.29) is 5.92 Å². The molecule has 10 heavy (non-hydrogen) atoms. The molecule has 0 radical (unpaired) electrons. The van der Waals surface area contributed by atoms with Crippen LogP contribution in [0.3, 0.4) is 0 Å². The molecule has 1 rings (SSSR count). The summed E-state index contributed by atoms with van der Waals surface area (Å²) >= 11 is 0. The molecule has 0 heterocycles. The Hall–Kier alpha value is -0.820. The third-order valence-corrected chi connectivity index (χ3v) is 1.55. The molecule has 1 aromatic rings. The lowest BCUT2D eigenvalue weighted by atomic mass is 10.0. The Morgan fingerprint density at radius 2 is 2.10 bits per heavy atom. The van der Waals surface area contributed by atoms with Gasteiger partial charge in [0, 0.05) is 12.5 Å². The largest absolute Gasteiger partial charge is 0.396 e. The first-order chi connectivity index (χ1) is 5.22. The van der Waals surface area contributed by atoms with E-state index in [1.54, 1.807) is 0 Å². The monoisotopic (exact) mass is 137 g/mol. The molecule has 0 amide bonds. The molecule has 1 aromatic carbocycles. The summed E-state index contributed by atoms with van der Waals surface area (Å²) in [5.74, 6) is -0.101. The SMILES string of the molecule is [2H][C@@H](O)[C@H](C)c1ccccc1. The predicted molar refractivity (Wildman–Crippen MR) is 41.9 cm³/mol. The molecular weight excluding hydrogens is 124 g/mol. The molecule has 0 saturated carbocycles. The van der Waals surface area contributed by atoms with Crippen molar-refractivity contribution in [3.63, 3.8) is 0 Å². The average molecular weight is 137 g/mol. The van der Waals surface area contributed by atoms with Crippen molar-refractivity contribution < 1.29 is 6.48 Å². The lowest BCUT2D eigenvalue weighted by molar-refractivity contribution is 0.273. The topological polar surface area (TPSA) is 20.2 Å². The van der Waals surface area contributed by atoms with Gasteiger partial charge < -0.3 is 5.11 Å². The summed E-state index contributed by atoms with van der Waals surface area (Å²) in [7, 11) is 0. The summed E-state index contributed by atoms with van der Waals surface area (Å²) in [4.78, 5) is 0. The molecule has 1 heteroatoms. The van der Waals surface area contributed by atoms with Gasteiger partial charge in [0.25, 0.3) is 0 Å². The molecule has 1 nitrogen and oxygen atoms in total. The first-order valence-electron chi connectivity index (χ1n) is 3.95. The average Bonchev–Trinajstić information content (AvgIpc) is 2.05. The number of aliphatic hydroxyl groups is 1. The minimum Gasteiger partial charge on any atom is -0.396 e. The van der Waals surface area contributed by atoms with E-state index in [1.165, 1.54) is 0 Å². The highest BCUT2D eigenvalue weighted by Crippen LogP contribution is 2.12. The van der Waals surface area contributed by atoms with Gasteiger partial charge in [-0.1, -0.05) is 37.3 Å². The first kappa shape index (κ1) is 5.93. The Labute approximate surface area is 62.7 Å². The van der Waals surface area contributed by atoms with E-state index in [1.807, 2.05) is 37.3 Å². The van der Waals surface area contributed by atoms with Gasteiger partial charge in [0.2, 0.25) is 0 Å². The van der Waals surface area contributed by atoms with Crippen molar-refractivity contribution in [3.8, 4) is 0 Å². The van der Waals surface area contributed by atoms with Crippen molar-refractivity contribution in [2.24, 2.45) is 0 Å². The maximum absolute atomic E-state index is 8.94. The molecule has 2 atom stereocenters. The van der Waals surface area contributed by atoms with E-state index in [0.29, 0.717) is 0 Å². The Morgan fingerprint density at radius 3 is 2.60 bits per heavy atom. The van der Waals surface area contributed by atoms with Crippen LogP contribution in [0.5, 0.6) is 0 Å². The van der Waals surface area contributed by atoms with Crippen LogP contribution in [0.2, 0.25) is 0 Å². The van der Waals surface area contributed by atoms with Crippen molar-refractivity contribution in [3.05, 3.63) is 35.9 Å². The normalized spacial score (nSPS) is 17.6. The highest BCUT2D eigenvalue weighted by atomic mass is 16.3. The highest BCUT2D eigenvalue weighted by molar-refractivity contribution is 5.18. The maximum atomic E-state index is 8.94. The number of aliphatic hydroxyl groups excluding tert-OH is 1. The first-order valence-corrected chi connectivity index (χ1v) is 3.37. The van der Waals surface area contributed by atoms with Crippen molar-refractivity contribution >= 4 is 0 Å². The van der Waals surface area contributed by atoms with Gasteiger partial charge in [0.1, 0.15) is 0 Å². The van der Waals surface area contributed by atoms with Crippen LogP contribution in [0.4, 0.5) is 0 Å². The van der Waals surface area contributed by atoms with Crippen LogP contribution < -0.4 is 0 Å². The quantitative estimate of drug-likeness (QED) is 0.658. The van der Waals surface area contributed by atoms with E-state index < -0.39 is 6.58 Å². The molecule has 0 aliphatic carbocycles. The number of hydrogen-bond acceptors (Lipinski definition) is 1. The Balaban J connectivity index is 2.77. The summed E-state index contributed by atoms with van der Waals surface area (Å²) < 4.78 is 7.08. The molecule has 0 bridgehead atoms. The zero-order chi connectivity index (χ0) is 8.27. The molecule has 0 spiro atoms. The molecule has 0 saturated heterocycles. The second-order valence-corrected chi connectivity index (χ2v) is 2.35. The van der Waals surface area contributed by atoms with Crippen LogP contribution in [-0.4, -0.2) is 11.7 Å². The standard InChI is InChI=1S/C9H12O/c1-8(7-10)9-5-3-2-4-6-9/h2-6,8,10H,7H2,1H3/t8-/m0/s1/i7D/t7-,8+/m1. The zero-order valence-electron chi connectivity index (χ0n) is 6.99. The zero-order valence-corrected chi connectivity index (χ0v) is 5.99. The molecular formula is C9H12O. The molecule has 54 valence electrons. The second-order valence-electron chi connectivity index (χ2n) is 2.35. The molecule has 1 N–H and O–H groups in total. The molecule has 0 unspecified atom stereocenters. The summed E-state index contributed by atoms with van der Waals surface area (Å²) in [5, 5.41) is 8.94. The van der Waals surface area contributed by atoms with Gasteiger partial charge in [-0.2, -0.15) is 0 Å². The lowest BCUT2D eigenvalue weighted by Crippen LogP contribution is -1.97. The smallest absolute Gasteiger partial charge is 0.0570 e. The van der Waals surface area contributed by atoms with Gasteiger partial charge in [-0.15, -0.1) is 0 Å². The highest BCUT2D eigenvalue weighted by Gasteiger charge is 2.00. The van der Waals surface area contributed by atoms with Crippen molar-refractivity contribution in [2.75, 3.05) is 6.58 Å². The van der Waals surface area contributed by atoms with Crippen LogP contribution in [0.15, 0.2) is 30.3 Å². The van der Waals surface area contributed by atoms with Crippen LogP contribution >= 0.6 is 0 Å². The van der Waals surface area contributed by atoms with Crippen molar-refractivity contribution in [2.45, 2.75) is 12.8 Å². The third kappa shape index (κ3) is 1.58. The lowest BCUT2D eigenvalue weighted by Gasteiger charge is -2.05. The second kappa shape index (κ2) is 3.37. The fourth-order valence-corrected chi connectivity index (χ4v) is 0.843. The van der Waals surface area contributed by atoms with Gasteiger partial charge >= 0.3 is 0 Å². The number of rotatable bonds is 2. The van der Waals surface area contributed by atoms with E-state index >= 15 is 0 Å². The van der Waals surface area contributed by atoms with Gasteiger partial charge in [-0.05, 0) is 5.56 Å². The van der Waals surface area contributed by atoms with Crippen molar-refractivity contribution in [1.82, 2.24) is 0 Å². The predicted octanol–water partition coefficient (Wildman–Crippen LogP) is 1.78. The molecule has 0 aliphatic rings. The summed E-state index contributed by atoms with van der Waals surface area (Å²) in [5.41, 5.74) is 1.01. The van der Waals surface area contributed by atoms with Gasteiger partial charge in [0.05, 0.1) is 1.37 Å². The molecule has 0 aliphatic heterocycles.